The van der Waals surface area contributed by atoms with Crippen molar-refractivity contribution in [1.82, 2.24) is 5.32 Å². The van der Waals surface area contributed by atoms with Crippen molar-refractivity contribution in [3.8, 4) is 0 Å². The zero-order chi connectivity index (χ0) is 12.1. The Bertz CT molecular complexity index is 364. The first-order chi connectivity index (χ1) is 8.25. The Kier molecular flexibility index (Phi) is 4.15. The van der Waals surface area contributed by atoms with Gasteiger partial charge < -0.3 is 10.1 Å². The molecule has 1 aliphatic rings. The molecule has 0 amide bonds. The molecule has 3 nitrogen and oxygen atoms in total. The van der Waals surface area contributed by atoms with Crippen LogP contribution in [-0.4, -0.2) is 18.6 Å². The highest BCUT2D eigenvalue weighted by Gasteiger charge is 2.25. The van der Waals surface area contributed by atoms with Crippen LogP contribution in [0, 0.1) is 5.92 Å². The van der Waals surface area contributed by atoms with E-state index in [0.717, 1.165) is 24.9 Å². The normalized spacial score (nSPS) is 24.3. The summed E-state index contributed by atoms with van der Waals surface area (Å²) in [5.74, 6) is 0.478. The van der Waals surface area contributed by atoms with Crippen LogP contribution in [0.2, 0.25) is 0 Å². The van der Waals surface area contributed by atoms with Crippen LogP contribution in [0.5, 0.6) is 0 Å². The minimum atomic E-state index is -0.125. The summed E-state index contributed by atoms with van der Waals surface area (Å²) in [6, 6.07) is 9.65. The molecule has 2 unspecified atom stereocenters. The largest absolute Gasteiger partial charge is 0.460 e. The highest BCUT2D eigenvalue weighted by atomic mass is 16.5. The van der Waals surface area contributed by atoms with Gasteiger partial charge in [-0.3, -0.25) is 4.79 Å². The van der Waals surface area contributed by atoms with Gasteiger partial charge in [0.25, 0.3) is 0 Å². The third kappa shape index (κ3) is 3.56. The number of ether oxygens (including phenoxy) is 1. The number of hydrogen-bond donors (Lipinski definition) is 1. The highest BCUT2D eigenvalue weighted by molar-refractivity contribution is 5.75. The Balaban J connectivity index is 1.81. The van der Waals surface area contributed by atoms with Crippen LogP contribution < -0.4 is 5.32 Å². The Hall–Kier alpha value is -1.35. The van der Waals surface area contributed by atoms with Crippen LogP contribution in [0.3, 0.4) is 0 Å². The van der Waals surface area contributed by atoms with Gasteiger partial charge in [-0.25, -0.2) is 0 Å². The molecule has 92 valence electrons. The summed E-state index contributed by atoms with van der Waals surface area (Å²) >= 11 is 0. The van der Waals surface area contributed by atoms with Gasteiger partial charge in [-0.05, 0) is 30.9 Å². The standard InChI is InChI=1S/C14H19NO2/c1-11-7-8-15-13(9-11)14(16)17-10-12-5-3-2-4-6-12/h2-6,11,13,15H,7-10H2,1H3. The van der Waals surface area contributed by atoms with E-state index in [9.17, 15) is 4.79 Å². The summed E-state index contributed by atoms with van der Waals surface area (Å²) in [6.45, 7) is 3.46. The maximum Gasteiger partial charge on any atom is 0.323 e. The zero-order valence-electron chi connectivity index (χ0n) is 10.2. The smallest absolute Gasteiger partial charge is 0.323 e. The predicted molar refractivity (Wildman–Crippen MR) is 66.4 cm³/mol. The van der Waals surface area contributed by atoms with Crippen molar-refractivity contribution in [3.63, 3.8) is 0 Å². The molecule has 17 heavy (non-hydrogen) atoms. The SMILES string of the molecule is CC1CCNC(C(=O)OCc2ccccc2)C1. The number of esters is 1. The van der Waals surface area contributed by atoms with E-state index in [2.05, 4.69) is 12.2 Å². The number of benzene rings is 1. The molecule has 0 saturated carbocycles. The van der Waals surface area contributed by atoms with E-state index >= 15 is 0 Å². The van der Waals surface area contributed by atoms with E-state index in [1.165, 1.54) is 0 Å². The van der Waals surface area contributed by atoms with Crippen LogP contribution in [-0.2, 0) is 16.1 Å². The van der Waals surface area contributed by atoms with Crippen molar-refractivity contribution in [1.29, 1.82) is 0 Å². The summed E-state index contributed by atoms with van der Waals surface area (Å²) in [4.78, 5) is 11.8. The third-order valence-electron chi connectivity index (χ3n) is 3.17. The number of piperidine rings is 1. The molecule has 1 N–H and O–H groups in total. The first-order valence-electron chi connectivity index (χ1n) is 6.19. The van der Waals surface area contributed by atoms with Crippen molar-refractivity contribution in [2.75, 3.05) is 6.54 Å². The van der Waals surface area contributed by atoms with Gasteiger partial charge >= 0.3 is 5.97 Å². The molecule has 1 aromatic carbocycles. The number of hydrogen-bond acceptors (Lipinski definition) is 3. The van der Waals surface area contributed by atoms with Crippen molar-refractivity contribution < 1.29 is 9.53 Å². The lowest BCUT2D eigenvalue weighted by Crippen LogP contribution is -2.43. The van der Waals surface area contributed by atoms with Crippen molar-refractivity contribution in [3.05, 3.63) is 35.9 Å². The Morgan fingerprint density at radius 1 is 1.41 bits per heavy atom. The molecule has 0 aliphatic carbocycles. The van der Waals surface area contributed by atoms with Crippen LogP contribution in [0.1, 0.15) is 25.3 Å². The topological polar surface area (TPSA) is 38.3 Å². The van der Waals surface area contributed by atoms with Gasteiger partial charge in [0.15, 0.2) is 0 Å². The van der Waals surface area contributed by atoms with E-state index in [1.54, 1.807) is 0 Å². The van der Waals surface area contributed by atoms with Gasteiger partial charge in [0.2, 0.25) is 0 Å². The maximum atomic E-state index is 11.8. The fourth-order valence-corrected chi connectivity index (χ4v) is 2.12. The van der Waals surface area contributed by atoms with Gasteiger partial charge in [-0.2, -0.15) is 0 Å². The van der Waals surface area contributed by atoms with Gasteiger partial charge in [-0.1, -0.05) is 37.3 Å². The van der Waals surface area contributed by atoms with Crippen molar-refractivity contribution >= 4 is 5.97 Å². The van der Waals surface area contributed by atoms with Crippen LogP contribution in [0.4, 0.5) is 0 Å². The summed E-state index contributed by atoms with van der Waals surface area (Å²) in [5, 5.41) is 3.21. The summed E-state index contributed by atoms with van der Waals surface area (Å²) in [7, 11) is 0. The van der Waals surface area contributed by atoms with E-state index in [0.29, 0.717) is 12.5 Å². The molecule has 2 atom stereocenters. The molecular weight excluding hydrogens is 214 g/mol. The molecule has 1 heterocycles. The monoisotopic (exact) mass is 233 g/mol. The molecule has 2 rings (SSSR count). The number of rotatable bonds is 3. The second-order valence-electron chi connectivity index (χ2n) is 4.73. The maximum absolute atomic E-state index is 11.8. The lowest BCUT2D eigenvalue weighted by molar-refractivity contribution is -0.148. The van der Waals surface area contributed by atoms with Crippen molar-refractivity contribution in [2.24, 2.45) is 5.92 Å². The van der Waals surface area contributed by atoms with Crippen LogP contribution >= 0.6 is 0 Å². The number of carbonyl (C=O) groups is 1. The Labute approximate surface area is 102 Å². The fraction of sp³-hybridized carbons (Fsp3) is 0.500. The zero-order valence-corrected chi connectivity index (χ0v) is 10.2. The molecule has 1 aliphatic heterocycles. The number of nitrogens with one attached hydrogen (secondary N) is 1. The van der Waals surface area contributed by atoms with Gasteiger partial charge in [0.1, 0.15) is 12.6 Å². The summed E-state index contributed by atoms with van der Waals surface area (Å²) in [6.07, 6.45) is 2.02. The molecule has 1 aromatic rings. The second-order valence-corrected chi connectivity index (χ2v) is 4.73. The average molecular weight is 233 g/mol. The second kappa shape index (κ2) is 5.82. The highest BCUT2D eigenvalue weighted by Crippen LogP contribution is 2.16. The van der Waals surface area contributed by atoms with E-state index in [4.69, 9.17) is 4.74 Å². The van der Waals surface area contributed by atoms with Gasteiger partial charge in [-0.15, -0.1) is 0 Å². The fourth-order valence-electron chi connectivity index (χ4n) is 2.12. The van der Waals surface area contributed by atoms with E-state index in [-0.39, 0.29) is 12.0 Å². The van der Waals surface area contributed by atoms with Gasteiger partial charge in [0.05, 0.1) is 0 Å². The predicted octanol–water partition coefficient (Wildman–Crippen LogP) is 2.12. The van der Waals surface area contributed by atoms with E-state index in [1.807, 2.05) is 30.3 Å². The molecule has 0 spiro atoms. The average Bonchev–Trinajstić information content (AvgIpc) is 2.37. The molecule has 3 heteroatoms. The quantitative estimate of drug-likeness (QED) is 0.813. The molecule has 0 bridgehead atoms. The minimum Gasteiger partial charge on any atom is -0.460 e. The molecular formula is C14H19NO2. The Morgan fingerprint density at radius 3 is 2.88 bits per heavy atom. The third-order valence-corrected chi connectivity index (χ3v) is 3.17. The molecule has 1 saturated heterocycles. The number of carbonyl (C=O) groups excluding carboxylic acids is 1. The van der Waals surface area contributed by atoms with E-state index < -0.39 is 0 Å². The Morgan fingerprint density at radius 2 is 2.18 bits per heavy atom. The lowest BCUT2D eigenvalue weighted by Gasteiger charge is -2.26. The van der Waals surface area contributed by atoms with Gasteiger partial charge in [0, 0.05) is 0 Å². The molecule has 0 radical (unpaired) electrons. The molecule has 0 aromatic heterocycles. The lowest BCUT2D eigenvalue weighted by atomic mass is 9.94. The summed E-state index contributed by atoms with van der Waals surface area (Å²) in [5.41, 5.74) is 1.03. The molecule has 1 fully saturated rings. The summed E-state index contributed by atoms with van der Waals surface area (Å²) < 4.78 is 5.31. The van der Waals surface area contributed by atoms with Crippen molar-refractivity contribution in [2.45, 2.75) is 32.4 Å². The van der Waals surface area contributed by atoms with Crippen LogP contribution in [0.25, 0.3) is 0 Å². The van der Waals surface area contributed by atoms with Crippen LogP contribution in [0.15, 0.2) is 30.3 Å². The first-order valence-corrected chi connectivity index (χ1v) is 6.19. The minimum absolute atomic E-state index is 0.123. The first kappa shape index (κ1) is 12.1.